The Hall–Kier alpha value is -4.30. The Morgan fingerprint density at radius 1 is 0.519 bits per heavy atom. The van der Waals surface area contributed by atoms with Gasteiger partial charge < -0.3 is 9.47 Å². The van der Waals surface area contributed by atoms with Gasteiger partial charge in [0, 0.05) is 21.9 Å². The molecule has 0 bridgehead atoms. The minimum atomic E-state index is -5.87. The van der Waals surface area contributed by atoms with Crippen molar-refractivity contribution in [2.75, 3.05) is 13.2 Å². The van der Waals surface area contributed by atoms with Gasteiger partial charge >= 0.3 is 11.0 Å². The van der Waals surface area contributed by atoms with E-state index < -0.39 is 40.5 Å². The molecule has 292 valence electrons. The Morgan fingerprint density at radius 2 is 0.870 bits per heavy atom. The molecule has 0 heterocycles. The van der Waals surface area contributed by atoms with E-state index in [0.29, 0.717) is 12.8 Å². The number of benzene rings is 4. The molecule has 4 rings (SSSR count). The van der Waals surface area contributed by atoms with Gasteiger partial charge in [0.05, 0.1) is 23.0 Å². The maximum Gasteiger partial charge on any atom is 0.501 e. The highest BCUT2D eigenvalue weighted by molar-refractivity contribution is 8.02. The smallest absolute Gasteiger partial charge is 0.492 e. The Labute approximate surface area is 312 Å². The van der Waals surface area contributed by atoms with E-state index in [1.807, 2.05) is 13.8 Å². The average molecular weight is 797 g/mol. The van der Waals surface area contributed by atoms with Gasteiger partial charge in [0.1, 0.15) is 11.5 Å². The molecule has 0 fully saturated rings. The number of halogens is 6. The summed E-state index contributed by atoms with van der Waals surface area (Å²) >= 11 is 0. The van der Waals surface area contributed by atoms with E-state index in [4.69, 9.17) is 9.47 Å². The number of fused-ring (bicyclic) bond motifs is 1. The fourth-order valence-corrected chi connectivity index (χ4v) is 7.66. The Bertz CT molecular complexity index is 1990. The molecule has 0 aliphatic rings. The molecule has 0 saturated heterocycles. The molecule has 0 N–H and O–H groups in total. The summed E-state index contributed by atoms with van der Waals surface area (Å²) in [5.41, 5.74) is -11.7. The molecule has 0 spiro atoms. The largest absolute Gasteiger partial charge is 0.501 e. The van der Waals surface area contributed by atoms with Crippen LogP contribution in [0.2, 0.25) is 0 Å². The standard InChI is InChI=1S/C40H42F6O6S2/c1-3-5-7-15-25-51-37-31(27-35(29-17-11-9-12-18-29)53(47,48)39(41,42)43)21-24-34-33(37)23-22-32(38(34)52-26-16-8-6-4-2)28-36(30-19-13-10-14-20-30)54(49,50)40(44,45)46/h9-14,17-24,27-28H,3-8,15-16,25-26H2,1-2H3/b35-27-,36-28-. The number of unbranched alkanes of at least 4 members (excludes halogenated alkanes) is 6. The van der Waals surface area contributed by atoms with Gasteiger partial charge in [-0.2, -0.15) is 26.3 Å². The highest BCUT2D eigenvalue weighted by Gasteiger charge is 2.49. The van der Waals surface area contributed by atoms with E-state index in [-0.39, 0.29) is 57.7 Å². The van der Waals surface area contributed by atoms with E-state index in [0.717, 1.165) is 50.7 Å². The first-order chi connectivity index (χ1) is 25.5. The van der Waals surface area contributed by atoms with Crippen molar-refractivity contribution in [1.29, 1.82) is 0 Å². The van der Waals surface area contributed by atoms with Crippen molar-refractivity contribution >= 4 is 52.4 Å². The molecule has 0 aliphatic heterocycles. The second-order valence-corrected chi connectivity index (χ2v) is 16.3. The predicted octanol–water partition coefficient (Wildman–Crippen LogP) is 11.6. The lowest BCUT2D eigenvalue weighted by molar-refractivity contribution is -0.0426. The third-order valence-corrected chi connectivity index (χ3v) is 11.6. The van der Waals surface area contributed by atoms with Crippen LogP contribution in [0.25, 0.3) is 32.7 Å². The molecule has 0 atom stereocenters. The first kappa shape index (κ1) is 42.4. The molecule has 0 radical (unpaired) electrons. The van der Waals surface area contributed by atoms with Gasteiger partial charge in [-0.15, -0.1) is 0 Å². The lowest BCUT2D eigenvalue weighted by atomic mass is 9.99. The van der Waals surface area contributed by atoms with Crippen molar-refractivity contribution < 1.29 is 52.7 Å². The fourth-order valence-electron chi connectivity index (χ4n) is 5.71. The first-order valence-electron chi connectivity index (χ1n) is 17.6. The van der Waals surface area contributed by atoms with E-state index in [2.05, 4.69) is 0 Å². The average Bonchev–Trinajstić information content (AvgIpc) is 3.13. The van der Waals surface area contributed by atoms with Gasteiger partial charge in [0.25, 0.3) is 19.7 Å². The summed E-state index contributed by atoms with van der Waals surface area (Å²) in [6, 6.07) is 19.2. The minimum Gasteiger partial charge on any atom is -0.492 e. The van der Waals surface area contributed by atoms with Crippen LogP contribution in [0.15, 0.2) is 84.9 Å². The summed E-state index contributed by atoms with van der Waals surface area (Å²) in [5.74, 6) is 0.0414. The topological polar surface area (TPSA) is 86.7 Å². The van der Waals surface area contributed by atoms with Crippen LogP contribution >= 0.6 is 0 Å². The summed E-state index contributed by atoms with van der Waals surface area (Å²) < 4.78 is 148. The molecule has 0 aliphatic carbocycles. The lowest BCUT2D eigenvalue weighted by Gasteiger charge is -2.19. The zero-order chi connectivity index (χ0) is 39.6. The minimum absolute atomic E-state index is 0.00789. The van der Waals surface area contributed by atoms with E-state index >= 15 is 0 Å². The number of hydrogen-bond donors (Lipinski definition) is 0. The maximum atomic E-state index is 14.0. The molecule has 0 unspecified atom stereocenters. The molecule has 14 heteroatoms. The van der Waals surface area contributed by atoms with Crippen LogP contribution in [-0.2, 0) is 19.7 Å². The SMILES string of the molecule is CCCCCCOc1c(/C=C(/c2ccccc2)S(=O)(=O)C(F)(F)F)ccc2c(OCCCCCC)c(/C=C(/c3ccccc3)S(=O)(=O)C(F)(F)F)ccc12. The molecular weight excluding hydrogens is 755 g/mol. The molecule has 4 aromatic carbocycles. The summed E-state index contributed by atoms with van der Waals surface area (Å²) in [4.78, 5) is -2.02. The molecule has 54 heavy (non-hydrogen) atoms. The van der Waals surface area contributed by atoms with Gasteiger partial charge in [0.2, 0.25) is 0 Å². The van der Waals surface area contributed by atoms with E-state index in [9.17, 15) is 43.2 Å². The van der Waals surface area contributed by atoms with Crippen LogP contribution in [0.3, 0.4) is 0 Å². The number of ether oxygens (including phenoxy) is 2. The van der Waals surface area contributed by atoms with E-state index in [1.54, 1.807) is 0 Å². The highest BCUT2D eigenvalue weighted by Crippen LogP contribution is 2.44. The van der Waals surface area contributed by atoms with Gasteiger partial charge in [0.15, 0.2) is 0 Å². The van der Waals surface area contributed by atoms with Crippen LogP contribution in [0.1, 0.15) is 87.5 Å². The van der Waals surface area contributed by atoms with Gasteiger partial charge in [-0.05, 0) is 48.3 Å². The Balaban J connectivity index is 2.04. The zero-order valence-electron chi connectivity index (χ0n) is 29.8. The van der Waals surface area contributed by atoms with Crippen LogP contribution < -0.4 is 9.47 Å². The second kappa shape index (κ2) is 18.4. The van der Waals surface area contributed by atoms with Gasteiger partial charge in [-0.25, -0.2) is 16.8 Å². The quantitative estimate of drug-likeness (QED) is 0.0566. The monoisotopic (exact) mass is 796 g/mol. The normalized spacial score (nSPS) is 13.3. The second-order valence-electron chi connectivity index (χ2n) is 12.5. The Kier molecular flexibility index (Phi) is 14.4. The van der Waals surface area contributed by atoms with Gasteiger partial charge in [-0.1, -0.05) is 125 Å². The third-order valence-electron chi connectivity index (χ3n) is 8.53. The first-order valence-corrected chi connectivity index (χ1v) is 20.5. The Morgan fingerprint density at radius 3 is 1.19 bits per heavy atom. The summed E-state index contributed by atoms with van der Waals surface area (Å²) in [6.07, 6.45) is 8.10. The third kappa shape index (κ3) is 10.1. The molecule has 4 aromatic rings. The van der Waals surface area contributed by atoms with E-state index in [1.165, 1.54) is 84.9 Å². The molecule has 0 saturated carbocycles. The van der Waals surface area contributed by atoms with Crippen LogP contribution in [-0.4, -0.2) is 41.1 Å². The van der Waals surface area contributed by atoms with Crippen molar-refractivity contribution in [3.63, 3.8) is 0 Å². The van der Waals surface area contributed by atoms with Crippen molar-refractivity contribution in [2.24, 2.45) is 0 Å². The summed E-state index contributed by atoms with van der Waals surface area (Å²) in [5, 5.41) is 0.522. The zero-order valence-corrected chi connectivity index (χ0v) is 31.5. The summed E-state index contributed by atoms with van der Waals surface area (Å²) in [7, 11) is -11.7. The predicted molar refractivity (Wildman–Crippen MR) is 202 cm³/mol. The highest BCUT2D eigenvalue weighted by atomic mass is 32.2. The number of alkyl halides is 6. The van der Waals surface area contributed by atoms with Crippen molar-refractivity contribution in [3.8, 4) is 11.5 Å². The number of hydrogen-bond acceptors (Lipinski definition) is 6. The number of sulfone groups is 2. The lowest BCUT2D eigenvalue weighted by Crippen LogP contribution is -2.24. The number of rotatable bonds is 18. The molecule has 0 aromatic heterocycles. The molecule has 6 nitrogen and oxygen atoms in total. The van der Waals surface area contributed by atoms with Crippen LogP contribution in [0, 0.1) is 0 Å². The van der Waals surface area contributed by atoms with Gasteiger partial charge in [-0.3, -0.25) is 0 Å². The van der Waals surface area contributed by atoms with Crippen molar-refractivity contribution in [2.45, 2.75) is 76.2 Å². The maximum absolute atomic E-state index is 14.0. The van der Waals surface area contributed by atoms with Crippen molar-refractivity contribution in [1.82, 2.24) is 0 Å². The van der Waals surface area contributed by atoms with Crippen LogP contribution in [0.4, 0.5) is 26.3 Å². The summed E-state index contributed by atoms with van der Waals surface area (Å²) in [6.45, 7) is 4.26. The van der Waals surface area contributed by atoms with Crippen molar-refractivity contribution in [3.05, 3.63) is 107 Å². The molecular formula is C40H42F6O6S2. The van der Waals surface area contributed by atoms with Crippen LogP contribution in [0.5, 0.6) is 11.5 Å². The molecule has 0 amide bonds. The fraction of sp³-hybridized carbons (Fsp3) is 0.350.